The number of hydrogen-bond donors (Lipinski definition) is 1. The fourth-order valence-electron chi connectivity index (χ4n) is 2.93. The number of likely N-dealkylation sites (tertiary alicyclic amines) is 1. The molecule has 1 aliphatic heterocycles. The molecule has 1 N–H and O–H groups in total. The maximum Gasteiger partial charge on any atom is 0.223 e. The van der Waals surface area contributed by atoms with Gasteiger partial charge >= 0.3 is 0 Å². The second kappa shape index (κ2) is 7.63. The summed E-state index contributed by atoms with van der Waals surface area (Å²) in [6.07, 6.45) is 0.228. The molecule has 0 unspecified atom stereocenters. The predicted octanol–water partition coefficient (Wildman–Crippen LogP) is 0.638. The highest BCUT2D eigenvalue weighted by atomic mass is 32.2. The molecule has 7 heteroatoms. The molecule has 1 aromatic carbocycles. The summed E-state index contributed by atoms with van der Waals surface area (Å²) in [5.74, 6) is -0.607. The zero-order valence-corrected chi connectivity index (χ0v) is 15.3. The third kappa shape index (κ3) is 4.55. The zero-order chi connectivity index (χ0) is 17.9. The van der Waals surface area contributed by atoms with E-state index >= 15 is 0 Å². The van der Waals surface area contributed by atoms with Crippen LogP contribution in [0, 0.1) is 12.8 Å². The molecule has 0 bridgehead atoms. The van der Waals surface area contributed by atoms with Crippen LogP contribution in [-0.4, -0.2) is 67.7 Å². The van der Waals surface area contributed by atoms with Crippen LogP contribution in [0.1, 0.15) is 17.5 Å². The van der Waals surface area contributed by atoms with Crippen molar-refractivity contribution in [3.05, 3.63) is 35.4 Å². The van der Waals surface area contributed by atoms with Gasteiger partial charge in [-0.05, 0) is 24.5 Å². The number of sulfonamides is 1. The molecule has 1 fully saturated rings. The highest BCUT2D eigenvalue weighted by molar-refractivity contribution is 7.89. The Morgan fingerprint density at radius 1 is 1.29 bits per heavy atom. The van der Waals surface area contributed by atoms with Gasteiger partial charge in [-0.3, -0.25) is 4.79 Å². The van der Waals surface area contributed by atoms with Gasteiger partial charge in [0.2, 0.25) is 15.9 Å². The Morgan fingerprint density at radius 2 is 1.96 bits per heavy atom. The van der Waals surface area contributed by atoms with Crippen LogP contribution in [-0.2, 0) is 21.2 Å². The number of benzene rings is 1. The van der Waals surface area contributed by atoms with Crippen LogP contribution in [0.25, 0.3) is 0 Å². The summed E-state index contributed by atoms with van der Waals surface area (Å²) < 4.78 is 25.1. The molecular weight excluding hydrogens is 328 g/mol. The topological polar surface area (TPSA) is 77.9 Å². The van der Waals surface area contributed by atoms with Crippen molar-refractivity contribution in [3.63, 3.8) is 0 Å². The zero-order valence-electron chi connectivity index (χ0n) is 14.5. The van der Waals surface area contributed by atoms with E-state index in [2.05, 4.69) is 0 Å². The van der Waals surface area contributed by atoms with Crippen molar-refractivity contribution in [2.75, 3.05) is 32.9 Å². The van der Waals surface area contributed by atoms with Gasteiger partial charge < -0.3 is 10.0 Å². The number of carbonyl (C=O) groups is 1. The highest BCUT2D eigenvalue weighted by Crippen LogP contribution is 2.21. The third-order valence-corrected chi connectivity index (χ3v) is 6.57. The predicted molar refractivity (Wildman–Crippen MR) is 93.1 cm³/mol. The number of aliphatic hydroxyl groups excluding tert-OH is 1. The van der Waals surface area contributed by atoms with Crippen LogP contribution in [0.2, 0.25) is 0 Å². The van der Waals surface area contributed by atoms with Gasteiger partial charge in [-0.2, -0.15) is 0 Å². The standard InChI is InChI=1S/C17H26N2O4S/c1-13-6-4-5-7-14(13)8-9-17(21)19-10-15(16(20)11-19)12-24(22,23)18(2)3/h4-7,15-16,20H,8-12H2,1-3H3/t15-,16-/m0/s1. The molecular formula is C17H26N2O4S. The Balaban J connectivity index is 1.92. The van der Waals surface area contributed by atoms with E-state index in [1.54, 1.807) is 4.90 Å². The highest BCUT2D eigenvalue weighted by Gasteiger charge is 2.37. The molecule has 1 aromatic rings. The van der Waals surface area contributed by atoms with Crippen LogP contribution in [0.3, 0.4) is 0 Å². The maximum atomic E-state index is 12.4. The average molecular weight is 354 g/mol. The maximum absolute atomic E-state index is 12.4. The number of β-amino-alcohol motifs (C(OH)–C–C–N with tert-alkyl or cyclic N) is 1. The van der Waals surface area contributed by atoms with Crippen molar-refractivity contribution in [1.82, 2.24) is 9.21 Å². The van der Waals surface area contributed by atoms with Crippen molar-refractivity contribution in [2.24, 2.45) is 5.92 Å². The number of aliphatic hydroxyl groups is 1. The molecule has 0 aliphatic carbocycles. The summed E-state index contributed by atoms with van der Waals surface area (Å²) in [7, 11) is -0.441. The Labute approximate surface area is 144 Å². The van der Waals surface area contributed by atoms with Crippen molar-refractivity contribution in [2.45, 2.75) is 25.9 Å². The van der Waals surface area contributed by atoms with Gasteiger partial charge in [0.25, 0.3) is 0 Å². The summed E-state index contributed by atoms with van der Waals surface area (Å²) in [4.78, 5) is 14.0. The largest absolute Gasteiger partial charge is 0.391 e. The Morgan fingerprint density at radius 3 is 2.58 bits per heavy atom. The molecule has 0 aromatic heterocycles. The first-order valence-electron chi connectivity index (χ1n) is 8.11. The van der Waals surface area contributed by atoms with Gasteiger partial charge in [0.05, 0.1) is 11.9 Å². The van der Waals surface area contributed by atoms with Gasteiger partial charge in [-0.15, -0.1) is 0 Å². The van der Waals surface area contributed by atoms with Gasteiger partial charge in [0, 0.05) is 39.5 Å². The van der Waals surface area contributed by atoms with Gasteiger partial charge in [0.1, 0.15) is 0 Å². The number of rotatable bonds is 6. The van der Waals surface area contributed by atoms with Gasteiger partial charge in [0.15, 0.2) is 0 Å². The molecule has 0 saturated carbocycles. The quantitative estimate of drug-likeness (QED) is 0.813. The number of hydrogen-bond acceptors (Lipinski definition) is 4. The van der Waals surface area contributed by atoms with E-state index in [1.165, 1.54) is 14.1 Å². The van der Waals surface area contributed by atoms with Crippen molar-refractivity contribution in [3.8, 4) is 0 Å². The lowest BCUT2D eigenvalue weighted by Gasteiger charge is -2.18. The van der Waals surface area contributed by atoms with E-state index in [1.807, 2.05) is 31.2 Å². The lowest BCUT2D eigenvalue weighted by Crippen LogP contribution is -2.33. The molecule has 2 rings (SSSR count). The second-order valence-corrected chi connectivity index (χ2v) is 8.84. The SMILES string of the molecule is Cc1ccccc1CCC(=O)N1C[C@@H](CS(=O)(=O)N(C)C)[C@@H](O)C1. The van der Waals surface area contributed by atoms with Crippen molar-refractivity contribution >= 4 is 15.9 Å². The molecule has 24 heavy (non-hydrogen) atoms. The van der Waals surface area contributed by atoms with Crippen LogP contribution in [0.5, 0.6) is 0 Å². The van der Waals surface area contributed by atoms with E-state index < -0.39 is 22.0 Å². The lowest BCUT2D eigenvalue weighted by molar-refractivity contribution is -0.130. The van der Waals surface area contributed by atoms with E-state index in [-0.39, 0.29) is 18.2 Å². The van der Waals surface area contributed by atoms with Gasteiger partial charge in [-0.1, -0.05) is 24.3 Å². The second-order valence-electron chi connectivity index (χ2n) is 6.61. The van der Waals surface area contributed by atoms with Gasteiger partial charge in [-0.25, -0.2) is 12.7 Å². The van der Waals surface area contributed by atoms with E-state index in [0.29, 0.717) is 19.4 Å². The Kier molecular flexibility index (Phi) is 6.01. The number of nitrogens with zero attached hydrogens (tertiary/aromatic N) is 2. The van der Waals surface area contributed by atoms with Crippen molar-refractivity contribution in [1.29, 1.82) is 0 Å². The molecule has 1 saturated heterocycles. The summed E-state index contributed by atoms with van der Waals surface area (Å²) in [5, 5.41) is 10.1. The lowest BCUT2D eigenvalue weighted by atomic mass is 10.0. The van der Waals surface area contributed by atoms with Crippen LogP contribution in [0.4, 0.5) is 0 Å². The minimum absolute atomic E-state index is 0.0398. The average Bonchev–Trinajstić information content (AvgIpc) is 2.86. The monoisotopic (exact) mass is 354 g/mol. The molecule has 1 aliphatic rings. The van der Waals surface area contributed by atoms with E-state index in [9.17, 15) is 18.3 Å². The molecule has 2 atom stereocenters. The summed E-state index contributed by atoms with van der Waals surface area (Å²) in [6.45, 7) is 2.52. The molecule has 0 radical (unpaired) electrons. The summed E-state index contributed by atoms with van der Waals surface area (Å²) in [6, 6.07) is 7.94. The van der Waals surface area contributed by atoms with Crippen LogP contribution >= 0.6 is 0 Å². The fourth-order valence-corrected chi connectivity index (χ4v) is 4.10. The number of amides is 1. The number of aryl methyl sites for hydroxylation is 2. The van der Waals surface area contributed by atoms with E-state index in [0.717, 1.165) is 15.4 Å². The Hall–Kier alpha value is -1.44. The fraction of sp³-hybridized carbons (Fsp3) is 0.588. The first-order chi connectivity index (χ1) is 11.2. The van der Waals surface area contributed by atoms with Crippen molar-refractivity contribution < 1.29 is 18.3 Å². The Bertz CT molecular complexity index is 688. The summed E-state index contributed by atoms with van der Waals surface area (Å²) >= 11 is 0. The first-order valence-corrected chi connectivity index (χ1v) is 9.72. The first kappa shape index (κ1) is 18.9. The minimum atomic E-state index is -3.39. The summed E-state index contributed by atoms with van der Waals surface area (Å²) in [5.41, 5.74) is 2.29. The normalized spacial score (nSPS) is 21.5. The minimum Gasteiger partial charge on any atom is -0.391 e. The molecule has 1 amide bonds. The van der Waals surface area contributed by atoms with Crippen LogP contribution < -0.4 is 0 Å². The third-order valence-electron chi connectivity index (χ3n) is 4.61. The smallest absolute Gasteiger partial charge is 0.223 e. The van der Waals surface area contributed by atoms with E-state index in [4.69, 9.17) is 0 Å². The molecule has 6 nitrogen and oxygen atoms in total. The number of carbonyl (C=O) groups excluding carboxylic acids is 1. The molecule has 0 spiro atoms. The van der Waals surface area contributed by atoms with Crippen LogP contribution in [0.15, 0.2) is 24.3 Å². The molecule has 134 valence electrons. The molecule has 1 heterocycles.